The van der Waals surface area contributed by atoms with Gasteiger partial charge in [0.1, 0.15) is 11.6 Å². The summed E-state index contributed by atoms with van der Waals surface area (Å²) in [4.78, 5) is 5.89. The Hall–Kier alpha value is -1.70. The van der Waals surface area contributed by atoms with Crippen LogP contribution < -0.4 is 0 Å². The molecule has 0 radical (unpaired) electrons. The van der Waals surface area contributed by atoms with Crippen LogP contribution in [0.1, 0.15) is 16.4 Å². The maximum atomic E-state index is 9.15. The monoisotopic (exact) mass is 332 g/mol. The first kappa shape index (κ1) is 15.2. The fraction of sp³-hybridized carbons (Fsp3) is 0.267. The average molecular weight is 332 g/mol. The number of aliphatic hydroxyl groups is 1. The van der Waals surface area contributed by atoms with Crippen LogP contribution in [-0.4, -0.2) is 24.9 Å². The summed E-state index contributed by atoms with van der Waals surface area (Å²) in [7, 11) is 1.86. The van der Waals surface area contributed by atoms with Crippen LogP contribution in [0.5, 0.6) is 0 Å². The highest BCUT2D eigenvalue weighted by Crippen LogP contribution is 2.32. The van der Waals surface area contributed by atoms with Gasteiger partial charge in [-0.15, -0.1) is 21.5 Å². The van der Waals surface area contributed by atoms with Crippen LogP contribution in [0.25, 0.3) is 10.6 Å². The molecular weight excluding hydrogens is 316 g/mol. The quantitative estimate of drug-likeness (QED) is 0.728. The number of hydrogen-bond donors (Lipinski definition) is 1. The second-order valence-electron chi connectivity index (χ2n) is 4.80. The predicted octanol–water partition coefficient (Wildman–Crippen LogP) is 3.03. The summed E-state index contributed by atoms with van der Waals surface area (Å²) in [5.41, 5.74) is 2.20. The topological polar surface area (TPSA) is 63.8 Å². The van der Waals surface area contributed by atoms with E-state index in [2.05, 4.69) is 27.3 Å². The molecule has 1 N–H and O–H groups in total. The van der Waals surface area contributed by atoms with Crippen molar-refractivity contribution in [3.63, 3.8) is 0 Å². The Morgan fingerprint density at radius 1 is 1.23 bits per heavy atom. The fourth-order valence-electron chi connectivity index (χ4n) is 2.00. The van der Waals surface area contributed by atoms with E-state index < -0.39 is 0 Å². The van der Waals surface area contributed by atoms with Crippen LogP contribution in [0.15, 0.2) is 35.5 Å². The SMILES string of the molecule is Cc1nc(-c2ccccc2)sc1CSc1nnc(CO)n1C. The maximum Gasteiger partial charge on any atom is 0.191 e. The van der Waals surface area contributed by atoms with Crippen molar-refractivity contribution in [3.8, 4) is 10.6 Å². The van der Waals surface area contributed by atoms with Crippen molar-refractivity contribution in [1.29, 1.82) is 0 Å². The molecule has 0 aliphatic heterocycles. The maximum absolute atomic E-state index is 9.15. The lowest BCUT2D eigenvalue weighted by Crippen LogP contribution is -1.98. The summed E-state index contributed by atoms with van der Waals surface area (Å²) in [6.45, 7) is 1.94. The number of thioether (sulfide) groups is 1. The number of thiazole rings is 1. The Morgan fingerprint density at radius 2 is 2.00 bits per heavy atom. The molecular formula is C15H16N4OS2. The fourth-order valence-corrected chi connectivity index (χ4v) is 4.15. The molecule has 22 heavy (non-hydrogen) atoms. The van der Waals surface area contributed by atoms with Gasteiger partial charge in [0.25, 0.3) is 0 Å². The van der Waals surface area contributed by atoms with Crippen molar-refractivity contribution < 1.29 is 5.11 Å². The minimum absolute atomic E-state index is 0.0954. The van der Waals surface area contributed by atoms with Crippen molar-refractivity contribution in [1.82, 2.24) is 19.7 Å². The molecule has 5 nitrogen and oxygen atoms in total. The van der Waals surface area contributed by atoms with Gasteiger partial charge < -0.3 is 9.67 Å². The minimum Gasteiger partial charge on any atom is -0.388 e. The zero-order valence-corrected chi connectivity index (χ0v) is 14.0. The van der Waals surface area contributed by atoms with Crippen molar-refractivity contribution in [2.75, 3.05) is 0 Å². The van der Waals surface area contributed by atoms with Crippen LogP contribution in [0.4, 0.5) is 0 Å². The number of nitrogens with zero attached hydrogens (tertiary/aromatic N) is 4. The zero-order valence-electron chi connectivity index (χ0n) is 12.4. The highest BCUT2D eigenvalue weighted by molar-refractivity contribution is 7.98. The van der Waals surface area contributed by atoms with Crippen LogP contribution in [-0.2, 0) is 19.4 Å². The van der Waals surface area contributed by atoms with Crippen LogP contribution >= 0.6 is 23.1 Å². The molecule has 2 heterocycles. The van der Waals surface area contributed by atoms with Gasteiger partial charge in [0.2, 0.25) is 0 Å². The van der Waals surface area contributed by atoms with E-state index in [4.69, 9.17) is 5.11 Å². The van der Waals surface area contributed by atoms with E-state index in [1.807, 2.05) is 36.7 Å². The molecule has 3 aromatic rings. The molecule has 0 aliphatic rings. The highest BCUT2D eigenvalue weighted by Gasteiger charge is 2.12. The summed E-state index contributed by atoms with van der Waals surface area (Å²) in [6.07, 6.45) is 0. The largest absolute Gasteiger partial charge is 0.388 e. The second kappa shape index (κ2) is 6.60. The van der Waals surface area contributed by atoms with Gasteiger partial charge in [-0.2, -0.15) is 0 Å². The second-order valence-corrected chi connectivity index (χ2v) is 6.82. The highest BCUT2D eigenvalue weighted by atomic mass is 32.2. The third-order valence-corrected chi connectivity index (χ3v) is 5.75. The van der Waals surface area contributed by atoms with Gasteiger partial charge >= 0.3 is 0 Å². The van der Waals surface area contributed by atoms with Gasteiger partial charge in [-0.1, -0.05) is 42.1 Å². The number of benzene rings is 1. The van der Waals surface area contributed by atoms with E-state index in [1.54, 1.807) is 23.1 Å². The molecule has 1 aromatic carbocycles. The van der Waals surface area contributed by atoms with Crippen LogP contribution in [0.2, 0.25) is 0 Å². The molecule has 0 aliphatic carbocycles. The third-order valence-electron chi connectivity index (χ3n) is 3.31. The van der Waals surface area contributed by atoms with E-state index in [-0.39, 0.29) is 6.61 Å². The van der Waals surface area contributed by atoms with E-state index in [0.29, 0.717) is 5.82 Å². The van der Waals surface area contributed by atoms with Crippen molar-refractivity contribution in [3.05, 3.63) is 46.7 Å². The van der Waals surface area contributed by atoms with E-state index >= 15 is 0 Å². The summed E-state index contributed by atoms with van der Waals surface area (Å²) in [5, 5.41) is 19.0. The van der Waals surface area contributed by atoms with E-state index in [1.165, 1.54) is 4.88 Å². The lowest BCUT2D eigenvalue weighted by atomic mass is 10.2. The van der Waals surface area contributed by atoms with Crippen LogP contribution in [0, 0.1) is 6.92 Å². The molecule has 0 unspecified atom stereocenters. The van der Waals surface area contributed by atoms with Crippen LogP contribution in [0.3, 0.4) is 0 Å². The molecule has 0 amide bonds. The predicted molar refractivity (Wildman–Crippen MR) is 88.8 cm³/mol. The summed E-state index contributed by atoms with van der Waals surface area (Å²) < 4.78 is 1.82. The van der Waals surface area contributed by atoms with Gasteiger partial charge in [-0.05, 0) is 6.92 Å². The first-order valence-electron chi connectivity index (χ1n) is 6.82. The van der Waals surface area contributed by atoms with Gasteiger partial charge in [0.05, 0.1) is 5.69 Å². The van der Waals surface area contributed by atoms with E-state index in [0.717, 1.165) is 27.2 Å². The van der Waals surface area contributed by atoms with Crippen molar-refractivity contribution in [2.45, 2.75) is 24.4 Å². The smallest absolute Gasteiger partial charge is 0.191 e. The molecule has 3 rings (SSSR count). The number of aryl methyl sites for hydroxylation is 1. The Kier molecular flexibility index (Phi) is 4.56. The molecule has 0 spiro atoms. The molecule has 0 saturated carbocycles. The first-order chi connectivity index (χ1) is 10.7. The summed E-state index contributed by atoms with van der Waals surface area (Å²) in [6, 6.07) is 10.2. The zero-order chi connectivity index (χ0) is 15.5. The van der Waals surface area contributed by atoms with Gasteiger partial charge in [-0.25, -0.2) is 4.98 Å². The molecule has 114 valence electrons. The summed E-state index contributed by atoms with van der Waals surface area (Å²) >= 11 is 3.32. The molecule has 0 bridgehead atoms. The lowest BCUT2D eigenvalue weighted by Gasteiger charge is -2.01. The number of aromatic nitrogens is 4. The normalized spacial score (nSPS) is 11.0. The third kappa shape index (κ3) is 3.06. The van der Waals surface area contributed by atoms with Gasteiger partial charge in [0, 0.05) is 23.2 Å². The first-order valence-corrected chi connectivity index (χ1v) is 8.63. The molecule has 2 aromatic heterocycles. The average Bonchev–Trinajstić information content (AvgIpc) is 3.09. The van der Waals surface area contributed by atoms with Gasteiger partial charge in [0.15, 0.2) is 11.0 Å². The standard InChI is InChI=1S/C15H16N4OS2/c1-10-12(9-21-15-18-17-13(8-20)19(15)2)22-14(16-10)11-6-4-3-5-7-11/h3-7,20H,8-9H2,1-2H3. The Balaban J connectivity index is 1.76. The number of hydrogen-bond acceptors (Lipinski definition) is 6. The Bertz CT molecular complexity index is 767. The van der Waals surface area contributed by atoms with Crippen molar-refractivity contribution in [2.24, 2.45) is 7.05 Å². The molecule has 7 heteroatoms. The van der Waals surface area contributed by atoms with E-state index in [9.17, 15) is 0 Å². The Labute approximate surface area is 137 Å². The Morgan fingerprint density at radius 3 is 2.68 bits per heavy atom. The van der Waals surface area contributed by atoms with Gasteiger partial charge in [-0.3, -0.25) is 0 Å². The molecule has 0 saturated heterocycles. The molecule has 0 fully saturated rings. The number of aliphatic hydroxyl groups excluding tert-OH is 1. The number of rotatable bonds is 5. The minimum atomic E-state index is -0.0954. The van der Waals surface area contributed by atoms with Crippen molar-refractivity contribution >= 4 is 23.1 Å². The summed E-state index contributed by atoms with van der Waals surface area (Å²) in [5.74, 6) is 1.38. The molecule has 0 atom stereocenters. The lowest BCUT2D eigenvalue weighted by molar-refractivity contribution is 0.266.